The predicted octanol–water partition coefficient (Wildman–Crippen LogP) is 2.88. The van der Waals surface area contributed by atoms with Crippen molar-refractivity contribution in [1.29, 1.82) is 0 Å². The molecule has 23 heavy (non-hydrogen) atoms. The van der Waals surface area contributed by atoms with Gasteiger partial charge in [0.2, 0.25) is 11.8 Å². The Hall–Kier alpha value is -2.21. The third-order valence-corrected chi connectivity index (χ3v) is 4.09. The zero-order valence-electron chi connectivity index (χ0n) is 14.4. The van der Waals surface area contributed by atoms with Gasteiger partial charge in [-0.1, -0.05) is 24.2 Å². The van der Waals surface area contributed by atoms with Crippen LogP contribution in [-0.4, -0.2) is 34.5 Å². The van der Waals surface area contributed by atoms with Crippen LogP contribution >= 0.6 is 0 Å². The topological polar surface area (TPSA) is 71.3 Å². The molecule has 0 aliphatic carbocycles. The minimum absolute atomic E-state index is 0.0664. The van der Waals surface area contributed by atoms with Crippen molar-refractivity contribution in [3.8, 4) is 0 Å². The van der Waals surface area contributed by atoms with Gasteiger partial charge in [-0.2, -0.15) is 4.98 Å². The standard InChI is InChI=1S/C17H24N4O2/c1-6-15-19-17(23-20-15)13(4)21(5)10-16(22)18-14-9-7-8-11(2)12(14)3/h7-9,13H,6,10H2,1-5H3,(H,18,22). The smallest absolute Gasteiger partial charge is 0.243 e. The molecular formula is C17H24N4O2. The molecule has 1 amide bonds. The number of benzene rings is 1. The first-order valence-corrected chi connectivity index (χ1v) is 7.81. The summed E-state index contributed by atoms with van der Waals surface area (Å²) >= 11 is 0. The number of aromatic nitrogens is 2. The lowest BCUT2D eigenvalue weighted by Gasteiger charge is -2.21. The Bertz CT molecular complexity index is 681. The fourth-order valence-corrected chi connectivity index (χ4v) is 2.21. The minimum Gasteiger partial charge on any atom is -0.338 e. The van der Waals surface area contributed by atoms with Crippen molar-refractivity contribution in [3.05, 3.63) is 41.0 Å². The SMILES string of the molecule is CCc1noc(C(C)N(C)CC(=O)Nc2cccc(C)c2C)n1. The Morgan fingerprint density at radius 3 is 2.78 bits per heavy atom. The average molecular weight is 316 g/mol. The van der Waals surface area contributed by atoms with Crippen molar-refractivity contribution in [2.24, 2.45) is 0 Å². The van der Waals surface area contributed by atoms with Crippen LogP contribution in [0.2, 0.25) is 0 Å². The number of aryl methyl sites for hydroxylation is 2. The fourth-order valence-electron chi connectivity index (χ4n) is 2.21. The van der Waals surface area contributed by atoms with E-state index in [-0.39, 0.29) is 18.5 Å². The molecule has 1 atom stereocenters. The molecule has 1 unspecified atom stereocenters. The molecule has 6 heteroatoms. The van der Waals surface area contributed by atoms with Crippen LogP contribution < -0.4 is 5.32 Å². The maximum atomic E-state index is 12.3. The van der Waals surface area contributed by atoms with Crippen LogP contribution in [0.5, 0.6) is 0 Å². The molecule has 0 aliphatic rings. The summed E-state index contributed by atoms with van der Waals surface area (Å²) < 4.78 is 5.24. The van der Waals surface area contributed by atoms with Gasteiger partial charge in [0, 0.05) is 12.1 Å². The summed E-state index contributed by atoms with van der Waals surface area (Å²) in [6, 6.07) is 5.76. The number of carbonyl (C=O) groups is 1. The van der Waals surface area contributed by atoms with Crippen LogP contribution in [0, 0.1) is 13.8 Å². The molecule has 0 saturated carbocycles. The number of nitrogens with one attached hydrogen (secondary N) is 1. The number of anilines is 1. The molecule has 0 spiro atoms. The highest BCUT2D eigenvalue weighted by Crippen LogP contribution is 2.19. The third kappa shape index (κ3) is 4.16. The number of likely N-dealkylation sites (N-methyl/N-ethyl adjacent to an activating group) is 1. The van der Waals surface area contributed by atoms with Gasteiger partial charge in [0.1, 0.15) is 0 Å². The Morgan fingerprint density at radius 2 is 2.13 bits per heavy atom. The van der Waals surface area contributed by atoms with Gasteiger partial charge in [-0.25, -0.2) is 0 Å². The largest absolute Gasteiger partial charge is 0.338 e. The molecule has 2 rings (SSSR count). The van der Waals surface area contributed by atoms with Crippen molar-refractivity contribution in [3.63, 3.8) is 0 Å². The van der Waals surface area contributed by atoms with Crippen molar-refractivity contribution in [2.45, 2.75) is 40.2 Å². The molecule has 6 nitrogen and oxygen atoms in total. The van der Waals surface area contributed by atoms with E-state index in [0.717, 1.165) is 23.2 Å². The van der Waals surface area contributed by atoms with E-state index in [1.54, 1.807) is 0 Å². The van der Waals surface area contributed by atoms with Gasteiger partial charge in [-0.05, 0) is 45.0 Å². The maximum absolute atomic E-state index is 12.3. The zero-order chi connectivity index (χ0) is 17.0. The molecule has 124 valence electrons. The first-order valence-electron chi connectivity index (χ1n) is 7.81. The second-order valence-electron chi connectivity index (χ2n) is 5.79. The summed E-state index contributed by atoms with van der Waals surface area (Å²) in [6.07, 6.45) is 0.729. The highest BCUT2D eigenvalue weighted by Gasteiger charge is 2.20. The summed E-state index contributed by atoms with van der Waals surface area (Å²) in [6.45, 7) is 8.19. The van der Waals surface area contributed by atoms with Gasteiger partial charge < -0.3 is 9.84 Å². The van der Waals surface area contributed by atoms with Crippen LogP contribution in [0.25, 0.3) is 0 Å². The summed E-state index contributed by atoms with van der Waals surface area (Å²) in [4.78, 5) is 18.5. The molecule has 2 aromatic rings. The third-order valence-electron chi connectivity index (χ3n) is 4.09. The predicted molar refractivity (Wildman–Crippen MR) is 89.3 cm³/mol. The van der Waals surface area contributed by atoms with Gasteiger partial charge in [0.05, 0.1) is 12.6 Å². The van der Waals surface area contributed by atoms with Crippen LogP contribution in [0.1, 0.15) is 42.7 Å². The Kier molecular flexibility index (Phi) is 5.50. The van der Waals surface area contributed by atoms with Crippen molar-refractivity contribution >= 4 is 11.6 Å². The van der Waals surface area contributed by atoms with E-state index >= 15 is 0 Å². The first-order chi connectivity index (χ1) is 10.9. The quantitative estimate of drug-likeness (QED) is 0.887. The first kappa shape index (κ1) is 17.1. The molecule has 1 N–H and O–H groups in total. The lowest BCUT2D eigenvalue weighted by atomic mass is 10.1. The molecular weight excluding hydrogens is 292 g/mol. The van der Waals surface area contributed by atoms with Crippen LogP contribution in [0.15, 0.2) is 22.7 Å². The van der Waals surface area contributed by atoms with Crippen molar-refractivity contribution < 1.29 is 9.32 Å². The van der Waals surface area contributed by atoms with Gasteiger partial charge in [-0.3, -0.25) is 9.69 Å². The van der Waals surface area contributed by atoms with E-state index in [2.05, 4.69) is 15.5 Å². The van der Waals surface area contributed by atoms with Gasteiger partial charge in [0.25, 0.3) is 0 Å². The van der Waals surface area contributed by atoms with E-state index in [1.165, 1.54) is 0 Å². The summed E-state index contributed by atoms with van der Waals surface area (Å²) in [5, 5.41) is 6.85. The number of rotatable bonds is 6. The molecule has 0 fully saturated rings. The highest BCUT2D eigenvalue weighted by molar-refractivity contribution is 5.93. The molecule has 1 aromatic carbocycles. The molecule has 0 bridgehead atoms. The number of nitrogens with zero attached hydrogens (tertiary/aromatic N) is 3. The average Bonchev–Trinajstić information content (AvgIpc) is 3.00. The monoisotopic (exact) mass is 316 g/mol. The fraction of sp³-hybridized carbons (Fsp3) is 0.471. The normalized spacial score (nSPS) is 12.4. The lowest BCUT2D eigenvalue weighted by Crippen LogP contribution is -2.32. The lowest BCUT2D eigenvalue weighted by molar-refractivity contribution is -0.117. The van der Waals surface area contributed by atoms with Crippen LogP contribution in [0.4, 0.5) is 5.69 Å². The summed E-state index contributed by atoms with van der Waals surface area (Å²) in [7, 11) is 1.86. The van der Waals surface area contributed by atoms with E-state index < -0.39 is 0 Å². The van der Waals surface area contributed by atoms with Crippen LogP contribution in [0.3, 0.4) is 0 Å². The summed E-state index contributed by atoms with van der Waals surface area (Å²) in [5.41, 5.74) is 3.09. The molecule has 1 aromatic heterocycles. The van der Waals surface area contributed by atoms with E-state index in [1.807, 2.05) is 57.8 Å². The zero-order valence-corrected chi connectivity index (χ0v) is 14.4. The van der Waals surface area contributed by atoms with Crippen molar-refractivity contribution in [2.75, 3.05) is 18.9 Å². The molecule has 1 heterocycles. The second kappa shape index (κ2) is 7.37. The molecule has 0 saturated heterocycles. The van der Waals surface area contributed by atoms with E-state index in [0.29, 0.717) is 11.7 Å². The maximum Gasteiger partial charge on any atom is 0.243 e. The minimum atomic E-state index is -0.118. The Labute approximate surface area is 136 Å². The Morgan fingerprint density at radius 1 is 1.39 bits per heavy atom. The summed E-state index contributed by atoms with van der Waals surface area (Å²) in [5.74, 6) is 1.15. The van der Waals surface area contributed by atoms with E-state index in [9.17, 15) is 4.79 Å². The van der Waals surface area contributed by atoms with E-state index in [4.69, 9.17) is 4.52 Å². The van der Waals surface area contributed by atoms with Crippen molar-refractivity contribution in [1.82, 2.24) is 15.0 Å². The van der Waals surface area contributed by atoms with Gasteiger partial charge in [0.15, 0.2) is 5.82 Å². The number of carbonyl (C=O) groups excluding carboxylic acids is 1. The highest BCUT2D eigenvalue weighted by atomic mass is 16.5. The number of hydrogen-bond donors (Lipinski definition) is 1. The number of hydrogen-bond acceptors (Lipinski definition) is 5. The second-order valence-corrected chi connectivity index (χ2v) is 5.79. The van der Waals surface area contributed by atoms with Gasteiger partial charge >= 0.3 is 0 Å². The number of amides is 1. The Balaban J connectivity index is 1.97. The van der Waals surface area contributed by atoms with Crippen LogP contribution in [-0.2, 0) is 11.2 Å². The van der Waals surface area contributed by atoms with Gasteiger partial charge in [-0.15, -0.1) is 0 Å². The molecule has 0 radical (unpaired) electrons. The molecule has 0 aliphatic heterocycles.